The van der Waals surface area contributed by atoms with Crippen molar-refractivity contribution in [2.75, 3.05) is 26.7 Å². The van der Waals surface area contributed by atoms with E-state index in [9.17, 15) is 8.42 Å². The number of rotatable bonds is 7. The minimum atomic E-state index is -3.52. The maximum Gasteiger partial charge on any atom is 0.241 e. The van der Waals surface area contributed by atoms with Gasteiger partial charge in [0.25, 0.3) is 0 Å². The Morgan fingerprint density at radius 1 is 1.32 bits per heavy atom. The van der Waals surface area contributed by atoms with Crippen LogP contribution >= 0.6 is 28.3 Å². The SMILES string of the molecule is CCNCCNS(=O)(=O)c1cc(OC)ccc1Br.Cl. The lowest BCUT2D eigenvalue weighted by molar-refractivity contribution is 0.413. The molecule has 0 aliphatic heterocycles. The summed E-state index contributed by atoms with van der Waals surface area (Å²) in [6.45, 7) is 3.72. The third kappa shape index (κ3) is 5.66. The minimum absolute atomic E-state index is 0. The van der Waals surface area contributed by atoms with Gasteiger partial charge in [0, 0.05) is 23.6 Å². The molecule has 0 aliphatic rings. The van der Waals surface area contributed by atoms with Gasteiger partial charge in [-0.15, -0.1) is 12.4 Å². The second kappa shape index (κ2) is 8.76. The molecule has 0 bridgehead atoms. The van der Waals surface area contributed by atoms with Gasteiger partial charge in [0.15, 0.2) is 0 Å². The second-order valence-electron chi connectivity index (χ2n) is 3.55. The minimum Gasteiger partial charge on any atom is -0.497 e. The summed E-state index contributed by atoms with van der Waals surface area (Å²) in [5.74, 6) is 0.505. The average molecular weight is 374 g/mol. The summed E-state index contributed by atoms with van der Waals surface area (Å²) in [7, 11) is -2.02. The second-order valence-corrected chi connectivity index (χ2v) is 6.14. The largest absolute Gasteiger partial charge is 0.497 e. The molecule has 1 aromatic rings. The highest BCUT2D eigenvalue weighted by molar-refractivity contribution is 9.10. The van der Waals surface area contributed by atoms with Crippen molar-refractivity contribution in [3.8, 4) is 5.75 Å². The van der Waals surface area contributed by atoms with Gasteiger partial charge >= 0.3 is 0 Å². The summed E-state index contributed by atoms with van der Waals surface area (Å²) in [5.41, 5.74) is 0. The number of nitrogens with one attached hydrogen (secondary N) is 2. The zero-order chi connectivity index (χ0) is 13.6. The Morgan fingerprint density at radius 2 is 2.00 bits per heavy atom. The van der Waals surface area contributed by atoms with Crippen LogP contribution in [0.3, 0.4) is 0 Å². The van der Waals surface area contributed by atoms with Crippen molar-refractivity contribution in [3.05, 3.63) is 22.7 Å². The summed E-state index contributed by atoms with van der Waals surface area (Å²) in [4.78, 5) is 0.179. The molecule has 0 radical (unpaired) electrons. The highest BCUT2D eigenvalue weighted by Gasteiger charge is 2.17. The van der Waals surface area contributed by atoms with E-state index in [-0.39, 0.29) is 17.3 Å². The van der Waals surface area contributed by atoms with Crippen LogP contribution in [0.2, 0.25) is 0 Å². The van der Waals surface area contributed by atoms with Crippen LogP contribution in [0.15, 0.2) is 27.6 Å². The first-order chi connectivity index (χ1) is 8.51. The van der Waals surface area contributed by atoms with Gasteiger partial charge in [-0.25, -0.2) is 13.1 Å². The van der Waals surface area contributed by atoms with Crippen LogP contribution in [0.25, 0.3) is 0 Å². The molecular weight excluding hydrogens is 356 g/mol. The van der Waals surface area contributed by atoms with Crippen LogP contribution in [0.4, 0.5) is 0 Å². The molecule has 0 saturated heterocycles. The van der Waals surface area contributed by atoms with Gasteiger partial charge in [0.2, 0.25) is 10.0 Å². The van der Waals surface area contributed by atoms with Gasteiger partial charge in [0.05, 0.1) is 12.0 Å². The molecule has 1 aromatic carbocycles. The van der Waals surface area contributed by atoms with E-state index in [4.69, 9.17) is 4.74 Å². The van der Waals surface area contributed by atoms with Crippen LogP contribution in [-0.4, -0.2) is 35.2 Å². The summed E-state index contributed by atoms with van der Waals surface area (Å²) in [6.07, 6.45) is 0. The Kier molecular flexibility index (Phi) is 8.60. The van der Waals surface area contributed by atoms with Gasteiger partial charge in [0.1, 0.15) is 5.75 Å². The third-order valence-corrected chi connectivity index (χ3v) is 4.73. The molecule has 1 rings (SSSR count). The molecule has 0 spiro atoms. The standard InChI is InChI=1S/C11H17BrN2O3S.ClH/c1-3-13-6-7-14-18(15,16)11-8-9(17-2)4-5-10(11)12;/h4-5,8,13-14H,3,6-7H2,1-2H3;1H. The molecule has 0 aliphatic carbocycles. The lowest BCUT2D eigenvalue weighted by Crippen LogP contribution is -2.32. The summed E-state index contributed by atoms with van der Waals surface area (Å²) in [6, 6.07) is 4.83. The summed E-state index contributed by atoms with van der Waals surface area (Å²) in [5, 5.41) is 3.05. The van der Waals surface area contributed by atoms with Crippen molar-refractivity contribution < 1.29 is 13.2 Å². The predicted octanol–water partition coefficient (Wildman–Crippen LogP) is 1.77. The highest BCUT2D eigenvalue weighted by Crippen LogP contribution is 2.26. The number of hydrogen-bond acceptors (Lipinski definition) is 4. The predicted molar refractivity (Wildman–Crippen MR) is 81.7 cm³/mol. The van der Waals surface area contributed by atoms with Gasteiger partial charge in [-0.1, -0.05) is 6.92 Å². The first-order valence-electron chi connectivity index (χ1n) is 5.55. The van der Waals surface area contributed by atoms with Crippen LogP contribution in [0.1, 0.15) is 6.92 Å². The maximum atomic E-state index is 12.1. The van der Waals surface area contributed by atoms with E-state index in [0.717, 1.165) is 6.54 Å². The normalized spacial score (nSPS) is 10.9. The van der Waals surface area contributed by atoms with Crippen molar-refractivity contribution in [2.24, 2.45) is 0 Å². The Hall–Kier alpha value is -0.340. The molecule has 2 N–H and O–H groups in total. The Morgan fingerprint density at radius 3 is 2.58 bits per heavy atom. The van der Waals surface area contributed by atoms with Crippen LogP contribution in [0, 0.1) is 0 Å². The molecule has 0 heterocycles. The lowest BCUT2D eigenvalue weighted by atomic mass is 10.3. The van der Waals surface area contributed by atoms with E-state index in [1.807, 2.05) is 6.92 Å². The van der Waals surface area contributed by atoms with Crippen molar-refractivity contribution in [3.63, 3.8) is 0 Å². The molecule has 0 amide bonds. The van der Waals surface area contributed by atoms with Crippen molar-refractivity contribution in [1.29, 1.82) is 0 Å². The van der Waals surface area contributed by atoms with Crippen molar-refractivity contribution >= 4 is 38.4 Å². The molecule has 0 atom stereocenters. The molecule has 19 heavy (non-hydrogen) atoms. The number of halogens is 2. The number of ether oxygens (including phenoxy) is 1. The monoisotopic (exact) mass is 372 g/mol. The molecule has 0 fully saturated rings. The zero-order valence-electron chi connectivity index (χ0n) is 10.8. The molecule has 0 unspecified atom stereocenters. The van der Waals surface area contributed by atoms with Gasteiger partial charge < -0.3 is 10.1 Å². The lowest BCUT2D eigenvalue weighted by Gasteiger charge is -2.10. The smallest absolute Gasteiger partial charge is 0.241 e. The maximum absolute atomic E-state index is 12.1. The van der Waals surface area contributed by atoms with Gasteiger partial charge in [-0.05, 0) is 34.6 Å². The fraction of sp³-hybridized carbons (Fsp3) is 0.455. The average Bonchev–Trinajstić information content (AvgIpc) is 2.35. The number of methoxy groups -OCH3 is 1. The van der Waals surface area contributed by atoms with Crippen molar-refractivity contribution in [1.82, 2.24) is 10.0 Å². The first kappa shape index (κ1) is 18.7. The number of hydrogen-bond donors (Lipinski definition) is 2. The summed E-state index contributed by atoms with van der Waals surface area (Å²) >= 11 is 3.23. The molecule has 110 valence electrons. The van der Waals surface area contributed by atoms with E-state index in [2.05, 4.69) is 26.0 Å². The van der Waals surface area contributed by atoms with E-state index in [1.54, 1.807) is 12.1 Å². The number of likely N-dealkylation sites (N-methyl/N-ethyl adjacent to an activating group) is 1. The van der Waals surface area contributed by atoms with E-state index >= 15 is 0 Å². The fourth-order valence-corrected chi connectivity index (χ4v) is 3.35. The van der Waals surface area contributed by atoms with Crippen molar-refractivity contribution in [2.45, 2.75) is 11.8 Å². The summed E-state index contributed by atoms with van der Waals surface area (Å²) < 4.78 is 32.2. The fourth-order valence-electron chi connectivity index (χ4n) is 1.34. The Balaban J connectivity index is 0.00000324. The first-order valence-corrected chi connectivity index (χ1v) is 7.82. The van der Waals surface area contributed by atoms with E-state index < -0.39 is 10.0 Å². The Bertz CT molecular complexity index is 497. The van der Waals surface area contributed by atoms with E-state index in [0.29, 0.717) is 23.3 Å². The molecule has 5 nitrogen and oxygen atoms in total. The van der Waals surface area contributed by atoms with Gasteiger partial charge in [-0.2, -0.15) is 0 Å². The molecule has 8 heteroatoms. The topological polar surface area (TPSA) is 67.4 Å². The quantitative estimate of drug-likeness (QED) is 0.715. The number of sulfonamides is 1. The molecular formula is C11H18BrClN2O3S. The van der Waals surface area contributed by atoms with Gasteiger partial charge in [-0.3, -0.25) is 0 Å². The Labute approximate surface area is 128 Å². The molecule has 0 saturated carbocycles. The van der Waals surface area contributed by atoms with Crippen LogP contribution in [0.5, 0.6) is 5.75 Å². The third-order valence-electron chi connectivity index (χ3n) is 2.27. The molecule has 0 aromatic heterocycles. The van der Waals surface area contributed by atoms with Crippen LogP contribution < -0.4 is 14.8 Å². The van der Waals surface area contributed by atoms with E-state index in [1.165, 1.54) is 13.2 Å². The zero-order valence-corrected chi connectivity index (χ0v) is 14.0. The number of benzene rings is 1. The van der Waals surface area contributed by atoms with Crippen LogP contribution in [-0.2, 0) is 10.0 Å². The highest BCUT2D eigenvalue weighted by atomic mass is 79.9.